The number of nitrogens with zero attached hydrogens (tertiary/aromatic N) is 2. The van der Waals surface area contributed by atoms with E-state index in [4.69, 9.17) is 44.3 Å². The average molecular weight is 647 g/mol. The zero-order valence-electron chi connectivity index (χ0n) is 24.2. The van der Waals surface area contributed by atoms with Gasteiger partial charge in [0.15, 0.2) is 6.29 Å². The monoisotopic (exact) mass is 645 g/mol. The van der Waals surface area contributed by atoms with Crippen LogP contribution in [-0.2, 0) is 34.0 Å². The summed E-state index contributed by atoms with van der Waals surface area (Å²) in [7, 11) is 0. The Morgan fingerprint density at radius 2 is 1.44 bits per heavy atom. The van der Waals surface area contributed by atoms with E-state index in [0.717, 1.165) is 61.5 Å². The van der Waals surface area contributed by atoms with Crippen molar-refractivity contribution in [3.63, 3.8) is 0 Å². The average Bonchev–Trinajstić information content (AvgIpc) is 3.02. The minimum Gasteiger partial charge on any atom is -0.392 e. The molecule has 0 radical (unpaired) electrons. The fraction of sp³-hybridized carbons (Fsp3) is 0.424. The van der Waals surface area contributed by atoms with Crippen LogP contribution in [0.5, 0.6) is 0 Å². The first-order valence-electron chi connectivity index (χ1n) is 14.6. The van der Waals surface area contributed by atoms with Crippen molar-refractivity contribution in [3.8, 4) is 0 Å². The molecule has 3 aromatic rings. The Morgan fingerprint density at radius 3 is 2.07 bits per heavy atom. The van der Waals surface area contributed by atoms with Crippen molar-refractivity contribution in [2.24, 2.45) is 5.92 Å². The van der Waals surface area contributed by atoms with E-state index in [9.17, 15) is 9.90 Å². The molecule has 230 valence electrons. The highest BCUT2D eigenvalue weighted by Crippen LogP contribution is 2.42. The number of halogens is 3. The van der Waals surface area contributed by atoms with E-state index >= 15 is 0 Å². The molecule has 0 unspecified atom stereocenters. The molecule has 2 aliphatic heterocycles. The second-order valence-electron chi connectivity index (χ2n) is 11.3. The number of nitrogens with one attached hydrogen (secondary N) is 1. The maximum atomic E-state index is 11.9. The lowest BCUT2D eigenvalue weighted by atomic mass is 9.90. The molecule has 5 rings (SSSR count). The molecular formula is C33H38Cl3N3O4. The lowest BCUT2D eigenvalue weighted by Crippen LogP contribution is -2.51. The third kappa shape index (κ3) is 8.71. The van der Waals surface area contributed by atoms with Gasteiger partial charge in [-0.15, -0.1) is 0 Å². The smallest absolute Gasteiger partial charge is 0.272 e. The minimum atomic E-state index is -2.01. The van der Waals surface area contributed by atoms with Gasteiger partial charge in [-0.2, -0.15) is 0 Å². The van der Waals surface area contributed by atoms with E-state index in [2.05, 4.69) is 52.4 Å². The molecule has 0 aliphatic carbocycles. The van der Waals surface area contributed by atoms with E-state index in [1.165, 1.54) is 5.56 Å². The SMILES string of the molecule is C[C@H]1[C@@H](CN2CCN(Cc3ccccc3)CC2)O[C@@H](c2ccc(CNC(=O)C(Cl)(Cl)Cl)cc2)O[C@H]1c1ccc(CO)cc1. The molecule has 0 saturated carbocycles. The molecule has 2 N–H and O–H groups in total. The number of aliphatic hydroxyl groups excluding tert-OH is 1. The molecular weight excluding hydrogens is 609 g/mol. The molecule has 2 heterocycles. The van der Waals surface area contributed by atoms with Crippen LogP contribution in [0.25, 0.3) is 0 Å². The molecule has 1 amide bonds. The van der Waals surface area contributed by atoms with E-state index < -0.39 is 16.0 Å². The van der Waals surface area contributed by atoms with Gasteiger partial charge in [0.1, 0.15) is 0 Å². The van der Waals surface area contributed by atoms with Crippen molar-refractivity contribution in [2.45, 2.75) is 48.9 Å². The second-order valence-corrected chi connectivity index (χ2v) is 13.6. The lowest BCUT2D eigenvalue weighted by molar-refractivity contribution is -0.276. The number of carbonyl (C=O) groups excluding carboxylic acids is 1. The zero-order valence-corrected chi connectivity index (χ0v) is 26.4. The number of piperazine rings is 1. The van der Waals surface area contributed by atoms with E-state index in [0.29, 0.717) is 0 Å². The van der Waals surface area contributed by atoms with E-state index in [-0.39, 0.29) is 31.3 Å². The van der Waals surface area contributed by atoms with Gasteiger partial charge >= 0.3 is 0 Å². The number of carbonyl (C=O) groups is 1. The van der Waals surface area contributed by atoms with Crippen LogP contribution in [0.4, 0.5) is 0 Å². The van der Waals surface area contributed by atoms with Crippen LogP contribution in [0, 0.1) is 5.92 Å². The number of hydrogen-bond acceptors (Lipinski definition) is 6. The summed E-state index contributed by atoms with van der Waals surface area (Å²) < 4.78 is 11.2. The Labute approximate surface area is 268 Å². The molecule has 10 heteroatoms. The predicted molar refractivity (Wildman–Crippen MR) is 170 cm³/mol. The normalized spacial score (nSPS) is 23.7. The van der Waals surface area contributed by atoms with Crippen molar-refractivity contribution in [1.29, 1.82) is 0 Å². The number of alkyl halides is 3. The number of benzene rings is 3. The van der Waals surface area contributed by atoms with Gasteiger partial charge in [-0.25, -0.2) is 0 Å². The Bertz CT molecular complexity index is 1310. The maximum absolute atomic E-state index is 11.9. The second kappa shape index (κ2) is 14.7. The molecule has 2 fully saturated rings. The summed E-state index contributed by atoms with van der Waals surface area (Å²) in [5.74, 6) is -0.566. The first-order chi connectivity index (χ1) is 20.7. The number of aliphatic hydroxyl groups is 1. The van der Waals surface area contributed by atoms with Gasteiger partial charge in [-0.1, -0.05) is 121 Å². The summed E-state index contributed by atoms with van der Waals surface area (Å²) in [4.78, 5) is 16.9. The highest BCUT2D eigenvalue weighted by atomic mass is 35.6. The van der Waals surface area contributed by atoms with Gasteiger partial charge in [-0.05, 0) is 22.3 Å². The minimum absolute atomic E-state index is 0.000431. The first-order valence-corrected chi connectivity index (χ1v) is 15.8. The molecule has 7 nitrogen and oxygen atoms in total. The van der Waals surface area contributed by atoms with Gasteiger partial charge in [-0.3, -0.25) is 14.6 Å². The molecule has 4 atom stereocenters. The van der Waals surface area contributed by atoms with Gasteiger partial charge in [0.05, 0.1) is 18.8 Å². The van der Waals surface area contributed by atoms with Crippen molar-refractivity contribution in [2.75, 3.05) is 32.7 Å². The van der Waals surface area contributed by atoms with Crippen LogP contribution in [0.1, 0.15) is 47.1 Å². The summed E-state index contributed by atoms with van der Waals surface area (Å²) in [6, 6.07) is 26.3. The van der Waals surface area contributed by atoms with Crippen molar-refractivity contribution in [1.82, 2.24) is 15.1 Å². The number of ether oxygens (including phenoxy) is 2. The summed E-state index contributed by atoms with van der Waals surface area (Å²) in [6.07, 6.45) is -0.794. The zero-order chi connectivity index (χ0) is 30.4. The molecule has 0 bridgehead atoms. The highest BCUT2D eigenvalue weighted by molar-refractivity contribution is 6.76. The molecule has 0 aromatic heterocycles. The third-order valence-electron chi connectivity index (χ3n) is 8.24. The summed E-state index contributed by atoms with van der Waals surface area (Å²) >= 11 is 17.0. The van der Waals surface area contributed by atoms with Crippen LogP contribution < -0.4 is 5.32 Å². The van der Waals surface area contributed by atoms with Gasteiger partial charge in [0, 0.05) is 57.3 Å². The predicted octanol–water partition coefficient (Wildman–Crippen LogP) is 5.77. The quantitative estimate of drug-likeness (QED) is 0.288. The Morgan fingerprint density at radius 1 is 0.837 bits per heavy atom. The fourth-order valence-electron chi connectivity index (χ4n) is 5.63. The highest BCUT2D eigenvalue weighted by Gasteiger charge is 2.39. The molecule has 43 heavy (non-hydrogen) atoms. The number of amides is 1. The molecule has 2 saturated heterocycles. The van der Waals surface area contributed by atoms with Crippen LogP contribution in [0.2, 0.25) is 0 Å². The van der Waals surface area contributed by atoms with Crippen molar-refractivity contribution >= 4 is 40.7 Å². The maximum Gasteiger partial charge on any atom is 0.272 e. The van der Waals surface area contributed by atoms with Gasteiger partial charge in [0.2, 0.25) is 0 Å². The van der Waals surface area contributed by atoms with Crippen molar-refractivity contribution in [3.05, 3.63) is 107 Å². The van der Waals surface area contributed by atoms with Crippen LogP contribution >= 0.6 is 34.8 Å². The Hall–Kier alpha value is -2.20. The number of rotatable bonds is 9. The largest absolute Gasteiger partial charge is 0.392 e. The molecule has 0 spiro atoms. The van der Waals surface area contributed by atoms with Gasteiger partial charge < -0.3 is 19.9 Å². The van der Waals surface area contributed by atoms with E-state index in [1.807, 2.05) is 48.5 Å². The molecule has 2 aliphatic rings. The summed E-state index contributed by atoms with van der Waals surface area (Å²) in [5, 5.41) is 12.2. The number of hydrogen-bond donors (Lipinski definition) is 2. The topological polar surface area (TPSA) is 74.3 Å². The Kier molecular flexibility index (Phi) is 11.0. The van der Waals surface area contributed by atoms with E-state index in [1.54, 1.807) is 0 Å². The molecule has 3 aromatic carbocycles. The van der Waals surface area contributed by atoms with Crippen molar-refractivity contribution < 1.29 is 19.4 Å². The lowest BCUT2D eigenvalue weighted by Gasteiger charge is -2.44. The van der Waals surface area contributed by atoms with Crippen LogP contribution in [0.3, 0.4) is 0 Å². The summed E-state index contributed by atoms with van der Waals surface area (Å²) in [6.45, 7) is 8.19. The summed E-state index contributed by atoms with van der Waals surface area (Å²) in [5.41, 5.74) is 5.01. The first kappa shape index (κ1) is 32.2. The Balaban J connectivity index is 1.26. The third-order valence-corrected chi connectivity index (χ3v) is 8.75. The van der Waals surface area contributed by atoms with Crippen LogP contribution in [0.15, 0.2) is 78.9 Å². The van der Waals surface area contributed by atoms with Gasteiger partial charge in [0.25, 0.3) is 9.70 Å². The fourth-order valence-corrected chi connectivity index (χ4v) is 5.83. The standard InChI is InChI=1S/C33H38Cl3N3O4/c1-23-29(21-39-17-15-38(16-18-39)20-25-5-3-2-4-6-25)42-31(43-30(23)27-11-9-26(22-40)10-12-27)28-13-7-24(8-14-28)19-37-32(41)33(34,35)36/h2-14,23,29-31,40H,15-22H2,1H3,(H,37,41)/t23-,29+,30+,31+/m0/s1. The van der Waals surface area contributed by atoms with Crippen LogP contribution in [-0.4, -0.2) is 63.4 Å².